The predicted octanol–water partition coefficient (Wildman–Crippen LogP) is 2.23. The molecular weight excluding hydrogens is 375 g/mol. The number of carbonyl (C=O) groups excluding carboxylic acids is 2. The number of hydrazone groups is 1. The second-order valence-electron chi connectivity index (χ2n) is 7.02. The number of benzene rings is 2. The van der Waals surface area contributed by atoms with Crippen LogP contribution in [0, 0.1) is 5.82 Å². The average Bonchev–Trinajstić information content (AvgIpc) is 3.18. The van der Waals surface area contributed by atoms with Crippen molar-refractivity contribution >= 4 is 28.9 Å². The van der Waals surface area contributed by atoms with Gasteiger partial charge in [-0.25, -0.2) is 4.39 Å². The molecule has 7 nitrogen and oxygen atoms in total. The van der Waals surface area contributed by atoms with Crippen LogP contribution in [0.2, 0.25) is 0 Å². The van der Waals surface area contributed by atoms with Gasteiger partial charge in [0.25, 0.3) is 5.91 Å². The second-order valence-corrected chi connectivity index (χ2v) is 7.02. The largest absolute Gasteiger partial charge is 0.495 e. The van der Waals surface area contributed by atoms with Crippen LogP contribution >= 0.6 is 0 Å². The van der Waals surface area contributed by atoms with Crippen LogP contribution in [0.5, 0.6) is 5.75 Å². The van der Waals surface area contributed by atoms with Crippen LogP contribution in [-0.4, -0.2) is 37.2 Å². The number of hydrogen-bond acceptors (Lipinski definition) is 5. The number of hydrogen-bond donors (Lipinski definition) is 1. The molecule has 2 aliphatic heterocycles. The summed E-state index contributed by atoms with van der Waals surface area (Å²) in [4.78, 5) is 27.0. The zero-order valence-electron chi connectivity index (χ0n) is 16.0. The van der Waals surface area contributed by atoms with Crippen LogP contribution in [0.25, 0.3) is 0 Å². The lowest BCUT2D eigenvalue weighted by Gasteiger charge is -2.30. The molecule has 2 aromatic carbocycles. The molecule has 2 amide bonds. The van der Waals surface area contributed by atoms with Crippen LogP contribution in [-0.2, 0) is 16.0 Å². The van der Waals surface area contributed by atoms with Crippen molar-refractivity contribution < 1.29 is 18.7 Å². The number of primary amides is 1. The molecule has 29 heavy (non-hydrogen) atoms. The Labute approximate surface area is 167 Å². The lowest BCUT2D eigenvalue weighted by molar-refractivity contribution is -0.119. The highest BCUT2D eigenvalue weighted by Gasteiger charge is 2.38. The Morgan fingerprint density at radius 1 is 1.21 bits per heavy atom. The Morgan fingerprint density at radius 3 is 2.66 bits per heavy atom. The van der Waals surface area contributed by atoms with Crippen molar-refractivity contribution in [2.45, 2.75) is 25.3 Å². The van der Waals surface area contributed by atoms with E-state index in [0.717, 1.165) is 24.1 Å². The lowest BCUT2D eigenvalue weighted by atomic mass is 9.99. The summed E-state index contributed by atoms with van der Waals surface area (Å²) < 4.78 is 18.7. The van der Waals surface area contributed by atoms with E-state index < -0.39 is 17.8 Å². The molecule has 8 heteroatoms. The van der Waals surface area contributed by atoms with E-state index in [4.69, 9.17) is 10.5 Å². The number of methoxy groups -OCH3 is 1. The topological polar surface area (TPSA) is 88.2 Å². The minimum Gasteiger partial charge on any atom is -0.495 e. The van der Waals surface area contributed by atoms with Gasteiger partial charge in [-0.15, -0.1) is 0 Å². The number of nitrogens with zero attached hydrogens (tertiary/aromatic N) is 3. The first kappa shape index (κ1) is 18.9. The van der Waals surface area contributed by atoms with Crippen molar-refractivity contribution in [1.29, 1.82) is 0 Å². The molecule has 4 rings (SSSR count). The van der Waals surface area contributed by atoms with E-state index >= 15 is 0 Å². The van der Waals surface area contributed by atoms with Gasteiger partial charge in [-0.1, -0.05) is 12.1 Å². The number of aryl methyl sites for hydroxylation is 1. The van der Waals surface area contributed by atoms with Crippen LogP contribution in [0.1, 0.15) is 18.4 Å². The zero-order valence-corrected chi connectivity index (χ0v) is 16.0. The molecule has 2 N–H and O–H groups in total. The van der Waals surface area contributed by atoms with E-state index in [1.54, 1.807) is 12.0 Å². The maximum Gasteiger partial charge on any atom is 0.274 e. The normalized spacial score (nSPS) is 18.3. The molecule has 0 saturated carbocycles. The second kappa shape index (κ2) is 7.54. The van der Waals surface area contributed by atoms with Crippen molar-refractivity contribution in [3.63, 3.8) is 0 Å². The van der Waals surface area contributed by atoms with Crippen molar-refractivity contribution in [2.75, 3.05) is 23.6 Å². The quantitative estimate of drug-likeness (QED) is 0.859. The van der Waals surface area contributed by atoms with Crippen molar-refractivity contribution in [3.05, 3.63) is 53.8 Å². The molecule has 2 heterocycles. The van der Waals surface area contributed by atoms with Gasteiger partial charge >= 0.3 is 0 Å². The predicted molar refractivity (Wildman–Crippen MR) is 108 cm³/mol. The third kappa shape index (κ3) is 3.41. The highest BCUT2D eigenvalue weighted by atomic mass is 19.1. The molecular formula is C21H21FN4O3. The molecule has 2 aliphatic rings. The Kier molecular flexibility index (Phi) is 4.92. The number of fused-ring (bicyclic) bond motifs is 1. The van der Waals surface area contributed by atoms with Gasteiger partial charge in [0.2, 0.25) is 5.91 Å². The summed E-state index contributed by atoms with van der Waals surface area (Å²) >= 11 is 0. The Hall–Kier alpha value is -3.42. The Morgan fingerprint density at radius 2 is 1.97 bits per heavy atom. The van der Waals surface area contributed by atoms with Crippen molar-refractivity contribution in [2.24, 2.45) is 10.8 Å². The van der Waals surface area contributed by atoms with E-state index in [1.165, 1.54) is 29.3 Å². The summed E-state index contributed by atoms with van der Waals surface area (Å²) in [5.74, 6) is -0.666. The Balaban J connectivity index is 1.69. The number of amides is 2. The highest BCUT2D eigenvalue weighted by molar-refractivity contribution is 6.45. The number of ether oxygens (including phenoxy) is 1. The van der Waals surface area contributed by atoms with Gasteiger partial charge in [0.1, 0.15) is 23.3 Å². The third-order valence-corrected chi connectivity index (χ3v) is 5.22. The first-order valence-electron chi connectivity index (χ1n) is 9.39. The average molecular weight is 396 g/mol. The molecule has 150 valence electrons. The van der Waals surface area contributed by atoms with Gasteiger partial charge in [-0.3, -0.25) is 14.6 Å². The van der Waals surface area contributed by atoms with E-state index in [9.17, 15) is 14.0 Å². The van der Waals surface area contributed by atoms with E-state index in [1.807, 2.05) is 18.2 Å². The molecule has 2 aromatic rings. The Bertz CT molecular complexity index is 976. The number of anilines is 2. The molecule has 1 atom stereocenters. The first-order valence-corrected chi connectivity index (χ1v) is 9.39. The number of para-hydroxylation sites is 1. The molecule has 0 fully saturated rings. The van der Waals surface area contributed by atoms with E-state index in [-0.39, 0.29) is 18.0 Å². The summed E-state index contributed by atoms with van der Waals surface area (Å²) in [7, 11) is 1.57. The van der Waals surface area contributed by atoms with Crippen LogP contribution in [0.4, 0.5) is 15.8 Å². The highest BCUT2D eigenvalue weighted by Crippen LogP contribution is 2.37. The number of halogens is 1. The lowest BCUT2D eigenvalue weighted by Crippen LogP contribution is -2.42. The van der Waals surface area contributed by atoms with Crippen molar-refractivity contribution in [3.8, 4) is 5.75 Å². The molecule has 1 unspecified atom stereocenters. The maximum atomic E-state index is 13.3. The molecule has 0 bridgehead atoms. The number of nitrogens with two attached hydrogens (primary N) is 1. The van der Waals surface area contributed by atoms with Gasteiger partial charge in [0.15, 0.2) is 0 Å². The number of carbonyl (C=O) groups is 2. The van der Waals surface area contributed by atoms with Crippen LogP contribution in [0.3, 0.4) is 0 Å². The van der Waals surface area contributed by atoms with Crippen molar-refractivity contribution in [1.82, 2.24) is 0 Å². The van der Waals surface area contributed by atoms with E-state index in [0.29, 0.717) is 18.0 Å². The van der Waals surface area contributed by atoms with Crippen LogP contribution < -0.4 is 20.4 Å². The fourth-order valence-electron chi connectivity index (χ4n) is 3.83. The minimum atomic E-state index is -0.804. The SMILES string of the molecule is COc1cccc2c1N(C(=O)C1=NN(c3ccc(F)cc3)C(C(N)=O)C1)CCC2. The van der Waals surface area contributed by atoms with Gasteiger partial charge in [-0.05, 0) is 48.7 Å². The third-order valence-electron chi connectivity index (χ3n) is 5.22. The monoisotopic (exact) mass is 396 g/mol. The standard InChI is InChI=1S/C21H21FN4O3/c1-29-18-6-2-4-13-5-3-11-25(19(13)18)21(28)16-12-17(20(23)27)26(24-16)15-9-7-14(22)8-10-15/h2,4,6-10,17H,3,5,11-12H2,1H3,(H2,23,27). The summed E-state index contributed by atoms with van der Waals surface area (Å²) in [6, 6.07) is 10.4. The zero-order chi connectivity index (χ0) is 20.5. The summed E-state index contributed by atoms with van der Waals surface area (Å²) in [5, 5.41) is 5.78. The number of rotatable bonds is 4. The van der Waals surface area contributed by atoms with Gasteiger partial charge in [-0.2, -0.15) is 5.10 Å². The molecule has 0 aliphatic carbocycles. The maximum absolute atomic E-state index is 13.3. The molecule has 0 saturated heterocycles. The van der Waals surface area contributed by atoms with Gasteiger partial charge in [0.05, 0.1) is 18.5 Å². The molecule has 0 aromatic heterocycles. The van der Waals surface area contributed by atoms with Crippen LogP contribution in [0.15, 0.2) is 47.6 Å². The summed E-state index contributed by atoms with van der Waals surface area (Å²) in [5.41, 5.74) is 8.05. The molecule has 0 spiro atoms. The minimum absolute atomic E-state index is 0.0898. The first-order chi connectivity index (χ1) is 14.0. The fraction of sp³-hybridized carbons (Fsp3) is 0.286. The summed E-state index contributed by atoms with van der Waals surface area (Å²) in [6.45, 7) is 0.531. The summed E-state index contributed by atoms with van der Waals surface area (Å²) in [6.07, 6.45) is 1.76. The van der Waals surface area contributed by atoms with Gasteiger partial charge < -0.3 is 15.4 Å². The van der Waals surface area contributed by atoms with Gasteiger partial charge in [0, 0.05) is 13.0 Å². The molecule has 0 radical (unpaired) electrons. The fourth-order valence-corrected chi connectivity index (χ4v) is 3.83. The smallest absolute Gasteiger partial charge is 0.274 e. The van der Waals surface area contributed by atoms with E-state index in [2.05, 4.69) is 5.10 Å².